The molecule has 6 heteroatoms. The third kappa shape index (κ3) is 4.81. The predicted octanol–water partition coefficient (Wildman–Crippen LogP) is 3.51. The fourth-order valence-corrected chi connectivity index (χ4v) is 3.00. The van der Waals surface area contributed by atoms with Crippen LogP contribution < -0.4 is 14.2 Å². The van der Waals surface area contributed by atoms with Crippen molar-refractivity contribution in [1.29, 1.82) is 0 Å². The van der Waals surface area contributed by atoms with E-state index >= 15 is 0 Å². The van der Waals surface area contributed by atoms with Crippen LogP contribution in [0.5, 0.6) is 17.2 Å². The summed E-state index contributed by atoms with van der Waals surface area (Å²) in [5, 5.41) is 0. The van der Waals surface area contributed by atoms with E-state index in [2.05, 4.69) is 0 Å². The Morgan fingerprint density at radius 1 is 0.750 bits per heavy atom. The molecule has 130 valence electrons. The molecule has 0 aromatic heterocycles. The number of esters is 3. The van der Waals surface area contributed by atoms with Crippen LogP contribution in [0.25, 0.3) is 0 Å². The summed E-state index contributed by atoms with van der Waals surface area (Å²) in [7, 11) is 0. The molecule has 0 radical (unpaired) electrons. The average Bonchev–Trinajstić information content (AvgIpc) is 2.49. The molecule has 0 saturated heterocycles. The van der Waals surface area contributed by atoms with Gasteiger partial charge >= 0.3 is 17.9 Å². The molecule has 2 rings (SSSR count). The molecule has 0 bridgehead atoms. The normalized spacial score (nSPS) is 14.8. The second kappa shape index (κ2) is 7.95. The second-order valence-corrected chi connectivity index (χ2v) is 5.95. The number of rotatable bonds is 4. The Bertz CT molecular complexity index is 643. The van der Waals surface area contributed by atoms with E-state index in [0.29, 0.717) is 5.75 Å². The van der Waals surface area contributed by atoms with Gasteiger partial charge in [0, 0.05) is 32.4 Å². The van der Waals surface area contributed by atoms with Gasteiger partial charge in [0.1, 0.15) is 5.75 Å². The van der Waals surface area contributed by atoms with Crippen LogP contribution in [0.15, 0.2) is 12.1 Å². The van der Waals surface area contributed by atoms with E-state index < -0.39 is 17.9 Å². The Balaban J connectivity index is 2.49. The Morgan fingerprint density at radius 2 is 1.21 bits per heavy atom. The lowest BCUT2D eigenvalue weighted by Gasteiger charge is -2.25. The molecule has 1 aliphatic carbocycles. The molecule has 0 heterocycles. The van der Waals surface area contributed by atoms with Crippen molar-refractivity contribution in [3.63, 3.8) is 0 Å². The minimum atomic E-state index is -0.553. The predicted molar refractivity (Wildman–Crippen MR) is 86.2 cm³/mol. The van der Waals surface area contributed by atoms with E-state index in [0.717, 1.165) is 31.2 Å². The van der Waals surface area contributed by atoms with Crippen molar-refractivity contribution in [2.75, 3.05) is 0 Å². The molecule has 1 saturated carbocycles. The Hall–Kier alpha value is -2.37. The molecule has 1 aromatic rings. The SMILES string of the molecule is CC(=O)Oc1cc(OC(C)=O)c(C2CCCCC2)cc1OC(C)=O. The lowest BCUT2D eigenvalue weighted by Crippen LogP contribution is -2.12. The zero-order chi connectivity index (χ0) is 17.7. The number of hydrogen-bond acceptors (Lipinski definition) is 6. The summed E-state index contributed by atoms with van der Waals surface area (Å²) in [5.74, 6) is -0.736. The highest BCUT2D eigenvalue weighted by atomic mass is 16.6. The van der Waals surface area contributed by atoms with Crippen LogP contribution in [0, 0.1) is 0 Å². The summed E-state index contributed by atoms with van der Waals surface area (Å²) >= 11 is 0. The van der Waals surface area contributed by atoms with Gasteiger partial charge in [0.25, 0.3) is 0 Å². The van der Waals surface area contributed by atoms with Crippen LogP contribution in [0.2, 0.25) is 0 Å². The van der Waals surface area contributed by atoms with E-state index in [1.807, 2.05) is 0 Å². The van der Waals surface area contributed by atoms with Crippen LogP contribution in [-0.2, 0) is 14.4 Å². The molecule has 1 aromatic carbocycles. The highest BCUT2D eigenvalue weighted by Crippen LogP contribution is 2.43. The molecular weight excluding hydrogens is 312 g/mol. The average molecular weight is 334 g/mol. The number of ether oxygens (including phenoxy) is 3. The monoisotopic (exact) mass is 334 g/mol. The molecule has 24 heavy (non-hydrogen) atoms. The zero-order valence-corrected chi connectivity index (χ0v) is 14.2. The van der Waals surface area contributed by atoms with Gasteiger partial charge < -0.3 is 14.2 Å². The van der Waals surface area contributed by atoms with Crippen LogP contribution >= 0.6 is 0 Å². The third-order valence-electron chi connectivity index (χ3n) is 3.88. The topological polar surface area (TPSA) is 78.9 Å². The minimum absolute atomic E-state index is 0.0634. The van der Waals surface area contributed by atoms with Crippen LogP contribution in [0.4, 0.5) is 0 Å². The summed E-state index contributed by atoms with van der Waals surface area (Å²) in [6.45, 7) is 3.84. The molecule has 0 atom stereocenters. The highest BCUT2D eigenvalue weighted by molar-refractivity contribution is 5.76. The summed E-state index contributed by atoms with van der Waals surface area (Å²) in [5.41, 5.74) is 0.803. The molecule has 1 fully saturated rings. The largest absolute Gasteiger partial charge is 0.426 e. The molecule has 1 aliphatic rings. The molecule has 0 N–H and O–H groups in total. The molecule has 0 aliphatic heterocycles. The van der Waals surface area contributed by atoms with Gasteiger partial charge in [-0.2, -0.15) is 0 Å². The summed E-state index contributed by atoms with van der Waals surface area (Å²) in [6.07, 6.45) is 5.32. The van der Waals surface area contributed by atoms with Crippen LogP contribution in [-0.4, -0.2) is 17.9 Å². The Kier molecular flexibility index (Phi) is 5.95. The van der Waals surface area contributed by atoms with Gasteiger partial charge in [-0.15, -0.1) is 0 Å². The van der Waals surface area contributed by atoms with Gasteiger partial charge in [0.2, 0.25) is 0 Å². The van der Waals surface area contributed by atoms with E-state index in [4.69, 9.17) is 14.2 Å². The van der Waals surface area contributed by atoms with Crippen molar-refractivity contribution in [2.45, 2.75) is 58.8 Å². The Morgan fingerprint density at radius 3 is 1.71 bits per heavy atom. The fourth-order valence-electron chi connectivity index (χ4n) is 3.00. The Labute approximate surface area is 141 Å². The smallest absolute Gasteiger partial charge is 0.308 e. The molecular formula is C18H22O6. The van der Waals surface area contributed by atoms with E-state index in [9.17, 15) is 14.4 Å². The van der Waals surface area contributed by atoms with Crippen molar-refractivity contribution in [1.82, 2.24) is 0 Å². The molecule has 0 amide bonds. The van der Waals surface area contributed by atoms with Crippen molar-refractivity contribution in [3.05, 3.63) is 17.7 Å². The zero-order valence-electron chi connectivity index (χ0n) is 14.2. The summed E-state index contributed by atoms with van der Waals surface area (Å²) in [4.78, 5) is 34.1. The number of carbonyl (C=O) groups excluding carboxylic acids is 3. The maximum atomic E-state index is 11.4. The van der Waals surface area contributed by atoms with Gasteiger partial charge in [-0.05, 0) is 24.8 Å². The van der Waals surface area contributed by atoms with E-state index in [-0.39, 0.29) is 17.4 Å². The first kappa shape index (κ1) is 18.0. The standard InChI is InChI=1S/C18H22O6/c1-11(19)22-16-10-18(24-13(3)21)17(23-12(2)20)9-15(16)14-7-5-4-6-8-14/h9-10,14H,4-8H2,1-3H3. The third-order valence-corrected chi connectivity index (χ3v) is 3.88. The van der Waals surface area contributed by atoms with Crippen LogP contribution in [0.1, 0.15) is 64.4 Å². The van der Waals surface area contributed by atoms with Gasteiger partial charge in [0.15, 0.2) is 11.5 Å². The van der Waals surface area contributed by atoms with E-state index in [1.54, 1.807) is 6.07 Å². The van der Waals surface area contributed by atoms with Crippen molar-refractivity contribution in [3.8, 4) is 17.2 Å². The number of hydrogen-bond donors (Lipinski definition) is 0. The maximum Gasteiger partial charge on any atom is 0.308 e. The lowest BCUT2D eigenvalue weighted by molar-refractivity contribution is -0.134. The summed E-state index contributed by atoms with van der Waals surface area (Å²) in [6, 6.07) is 3.10. The number of benzene rings is 1. The fraction of sp³-hybridized carbons (Fsp3) is 0.500. The highest BCUT2D eigenvalue weighted by Gasteiger charge is 2.24. The van der Waals surface area contributed by atoms with Gasteiger partial charge in [0.05, 0.1) is 0 Å². The number of carbonyl (C=O) groups is 3. The molecule has 6 nitrogen and oxygen atoms in total. The first-order chi connectivity index (χ1) is 11.4. The maximum absolute atomic E-state index is 11.4. The second-order valence-electron chi connectivity index (χ2n) is 5.95. The first-order valence-electron chi connectivity index (χ1n) is 8.10. The van der Waals surface area contributed by atoms with Gasteiger partial charge in [-0.3, -0.25) is 14.4 Å². The van der Waals surface area contributed by atoms with Crippen molar-refractivity contribution < 1.29 is 28.6 Å². The minimum Gasteiger partial charge on any atom is -0.426 e. The van der Waals surface area contributed by atoms with Crippen molar-refractivity contribution >= 4 is 17.9 Å². The molecule has 0 spiro atoms. The quantitative estimate of drug-likeness (QED) is 0.619. The summed E-state index contributed by atoms with van der Waals surface area (Å²) < 4.78 is 15.6. The van der Waals surface area contributed by atoms with E-state index in [1.165, 1.54) is 33.3 Å². The van der Waals surface area contributed by atoms with Gasteiger partial charge in [-0.25, -0.2) is 0 Å². The molecule has 0 unspecified atom stereocenters. The first-order valence-corrected chi connectivity index (χ1v) is 8.10. The van der Waals surface area contributed by atoms with Gasteiger partial charge in [-0.1, -0.05) is 19.3 Å². The van der Waals surface area contributed by atoms with Crippen molar-refractivity contribution in [2.24, 2.45) is 0 Å². The van der Waals surface area contributed by atoms with Crippen LogP contribution in [0.3, 0.4) is 0 Å². The lowest BCUT2D eigenvalue weighted by atomic mass is 9.83.